The van der Waals surface area contributed by atoms with E-state index >= 15 is 0 Å². The van der Waals surface area contributed by atoms with Crippen LogP contribution in [0.4, 0.5) is 11.5 Å². The molecule has 5 heteroatoms. The highest BCUT2D eigenvalue weighted by Gasteiger charge is 1.93. The van der Waals surface area contributed by atoms with Crippen LogP contribution >= 0.6 is 0 Å². The van der Waals surface area contributed by atoms with Crippen LogP contribution in [-0.4, -0.2) is 21.3 Å². The average molecular weight is 203 g/mol. The summed E-state index contributed by atoms with van der Waals surface area (Å²) in [6.07, 6.45) is 5.33. The van der Waals surface area contributed by atoms with E-state index in [9.17, 15) is 0 Å². The summed E-state index contributed by atoms with van der Waals surface area (Å²) in [5, 5.41) is 7.28. The van der Waals surface area contributed by atoms with Gasteiger partial charge in [0.05, 0.1) is 18.4 Å². The minimum atomic E-state index is 0.674. The van der Waals surface area contributed by atoms with Gasteiger partial charge in [-0.15, -0.1) is 0 Å². The van der Waals surface area contributed by atoms with Gasteiger partial charge in [-0.1, -0.05) is 0 Å². The molecule has 2 rings (SSSR count). The first-order valence-corrected chi connectivity index (χ1v) is 4.77. The van der Waals surface area contributed by atoms with Gasteiger partial charge in [-0.3, -0.25) is 4.68 Å². The molecule has 0 atom stereocenters. The Kier molecular flexibility index (Phi) is 2.82. The molecule has 0 fully saturated rings. The van der Waals surface area contributed by atoms with Gasteiger partial charge in [-0.25, -0.2) is 4.98 Å². The summed E-state index contributed by atoms with van der Waals surface area (Å²) in [6, 6.07) is 5.59. The number of aromatic nitrogens is 3. The molecule has 0 radical (unpaired) electrons. The molecule has 2 aromatic rings. The third-order valence-corrected chi connectivity index (χ3v) is 1.99. The zero-order valence-corrected chi connectivity index (χ0v) is 8.30. The Bertz CT molecular complexity index is 392. The molecular weight excluding hydrogens is 190 g/mol. The summed E-state index contributed by atoms with van der Waals surface area (Å²) in [5.74, 6) is 0.830. The second-order valence-corrected chi connectivity index (χ2v) is 3.17. The van der Waals surface area contributed by atoms with Crippen molar-refractivity contribution in [3.8, 4) is 0 Å². The largest absolute Gasteiger partial charge is 0.397 e. The number of nitrogens with two attached hydrogens (primary N) is 1. The van der Waals surface area contributed by atoms with Crippen molar-refractivity contribution in [2.24, 2.45) is 0 Å². The molecule has 0 aliphatic heterocycles. The molecule has 0 unspecified atom stereocenters. The van der Waals surface area contributed by atoms with E-state index in [1.54, 1.807) is 12.4 Å². The van der Waals surface area contributed by atoms with E-state index in [2.05, 4.69) is 15.4 Å². The molecule has 78 valence electrons. The van der Waals surface area contributed by atoms with Crippen molar-refractivity contribution in [2.45, 2.75) is 6.54 Å². The zero-order valence-electron chi connectivity index (χ0n) is 8.30. The Labute approximate surface area is 87.9 Å². The fourth-order valence-electron chi connectivity index (χ4n) is 1.24. The fraction of sp³-hybridized carbons (Fsp3) is 0.200. The molecule has 0 aliphatic rings. The standard InChI is InChI=1S/C10H13N5/c11-9-2-3-10(13-8-9)12-5-7-15-6-1-4-14-15/h1-4,6,8H,5,7,11H2,(H,12,13). The molecule has 0 spiro atoms. The third-order valence-electron chi connectivity index (χ3n) is 1.99. The van der Waals surface area contributed by atoms with Gasteiger partial charge in [0.1, 0.15) is 5.82 Å². The molecular formula is C10H13N5. The number of hydrogen-bond donors (Lipinski definition) is 2. The molecule has 0 saturated carbocycles. The van der Waals surface area contributed by atoms with Crippen molar-refractivity contribution < 1.29 is 0 Å². The summed E-state index contributed by atoms with van der Waals surface area (Å²) >= 11 is 0. The molecule has 2 heterocycles. The van der Waals surface area contributed by atoms with Crippen LogP contribution in [-0.2, 0) is 6.54 Å². The quantitative estimate of drug-likeness (QED) is 0.777. The first-order valence-electron chi connectivity index (χ1n) is 4.77. The van der Waals surface area contributed by atoms with Crippen LogP contribution in [0.1, 0.15) is 0 Å². The van der Waals surface area contributed by atoms with Gasteiger partial charge in [-0.2, -0.15) is 5.10 Å². The Morgan fingerprint density at radius 2 is 2.33 bits per heavy atom. The minimum absolute atomic E-state index is 0.674. The van der Waals surface area contributed by atoms with Crippen molar-refractivity contribution in [1.29, 1.82) is 0 Å². The average Bonchev–Trinajstić information content (AvgIpc) is 2.74. The molecule has 2 aromatic heterocycles. The highest BCUT2D eigenvalue weighted by molar-refractivity contribution is 5.43. The van der Waals surface area contributed by atoms with Crippen LogP contribution in [0, 0.1) is 0 Å². The number of hydrogen-bond acceptors (Lipinski definition) is 4. The lowest BCUT2D eigenvalue weighted by atomic mass is 10.4. The van der Waals surface area contributed by atoms with E-state index in [1.807, 2.05) is 29.1 Å². The topological polar surface area (TPSA) is 68.8 Å². The lowest BCUT2D eigenvalue weighted by molar-refractivity contribution is 0.637. The monoisotopic (exact) mass is 203 g/mol. The maximum absolute atomic E-state index is 5.53. The maximum atomic E-state index is 5.53. The van der Waals surface area contributed by atoms with Gasteiger partial charge in [-0.05, 0) is 18.2 Å². The van der Waals surface area contributed by atoms with Gasteiger partial charge >= 0.3 is 0 Å². The molecule has 0 amide bonds. The highest BCUT2D eigenvalue weighted by Crippen LogP contribution is 2.05. The molecule has 0 saturated heterocycles. The van der Waals surface area contributed by atoms with Crippen LogP contribution in [0.2, 0.25) is 0 Å². The Morgan fingerprint density at radius 3 is 3.00 bits per heavy atom. The van der Waals surface area contributed by atoms with Crippen molar-refractivity contribution in [3.05, 3.63) is 36.8 Å². The first kappa shape index (κ1) is 9.51. The summed E-state index contributed by atoms with van der Waals surface area (Å²) in [6.45, 7) is 1.61. The van der Waals surface area contributed by atoms with Gasteiger partial charge in [0, 0.05) is 18.9 Å². The molecule has 0 aromatic carbocycles. The van der Waals surface area contributed by atoms with Crippen molar-refractivity contribution in [2.75, 3.05) is 17.6 Å². The Hall–Kier alpha value is -2.04. The van der Waals surface area contributed by atoms with Crippen LogP contribution in [0.5, 0.6) is 0 Å². The lowest BCUT2D eigenvalue weighted by Gasteiger charge is -2.05. The molecule has 0 bridgehead atoms. The van der Waals surface area contributed by atoms with Crippen molar-refractivity contribution in [3.63, 3.8) is 0 Å². The third kappa shape index (κ3) is 2.70. The number of anilines is 2. The van der Waals surface area contributed by atoms with Crippen LogP contribution in [0.3, 0.4) is 0 Å². The number of nitrogens with zero attached hydrogens (tertiary/aromatic N) is 3. The fourth-order valence-corrected chi connectivity index (χ4v) is 1.24. The minimum Gasteiger partial charge on any atom is -0.397 e. The van der Waals surface area contributed by atoms with Crippen LogP contribution < -0.4 is 11.1 Å². The van der Waals surface area contributed by atoms with Crippen molar-refractivity contribution in [1.82, 2.24) is 14.8 Å². The first-order chi connectivity index (χ1) is 7.34. The van der Waals surface area contributed by atoms with E-state index in [1.165, 1.54) is 0 Å². The number of rotatable bonds is 4. The van der Waals surface area contributed by atoms with E-state index in [4.69, 9.17) is 5.73 Å². The normalized spacial score (nSPS) is 10.1. The lowest BCUT2D eigenvalue weighted by Crippen LogP contribution is -2.11. The van der Waals surface area contributed by atoms with Crippen molar-refractivity contribution >= 4 is 11.5 Å². The molecule has 15 heavy (non-hydrogen) atoms. The van der Waals surface area contributed by atoms with Gasteiger partial charge in [0.15, 0.2) is 0 Å². The summed E-state index contributed by atoms with van der Waals surface area (Å²) in [4.78, 5) is 4.13. The zero-order chi connectivity index (χ0) is 10.5. The van der Waals surface area contributed by atoms with E-state index in [0.29, 0.717) is 5.69 Å². The second kappa shape index (κ2) is 4.45. The number of nitrogen functional groups attached to an aromatic ring is 1. The van der Waals surface area contributed by atoms with E-state index < -0.39 is 0 Å². The van der Waals surface area contributed by atoms with Gasteiger partial charge < -0.3 is 11.1 Å². The number of nitrogens with one attached hydrogen (secondary N) is 1. The molecule has 3 N–H and O–H groups in total. The Balaban J connectivity index is 1.81. The molecule has 0 aliphatic carbocycles. The van der Waals surface area contributed by atoms with Crippen LogP contribution in [0.15, 0.2) is 36.8 Å². The Morgan fingerprint density at radius 1 is 1.40 bits per heavy atom. The van der Waals surface area contributed by atoms with E-state index in [-0.39, 0.29) is 0 Å². The van der Waals surface area contributed by atoms with Crippen LogP contribution in [0.25, 0.3) is 0 Å². The van der Waals surface area contributed by atoms with E-state index in [0.717, 1.165) is 18.9 Å². The summed E-state index contributed by atoms with van der Waals surface area (Å²) in [7, 11) is 0. The summed E-state index contributed by atoms with van der Waals surface area (Å²) in [5.41, 5.74) is 6.20. The van der Waals surface area contributed by atoms with Gasteiger partial charge in [0.2, 0.25) is 0 Å². The smallest absolute Gasteiger partial charge is 0.126 e. The summed E-state index contributed by atoms with van der Waals surface area (Å²) < 4.78 is 1.87. The predicted octanol–water partition coefficient (Wildman–Crippen LogP) is 0.972. The second-order valence-electron chi connectivity index (χ2n) is 3.17. The maximum Gasteiger partial charge on any atom is 0.126 e. The predicted molar refractivity (Wildman–Crippen MR) is 59.4 cm³/mol. The molecule has 5 nitrogen and oxygen atoms in total. The number of pyridine rings is 1. The SMILES string of the molecule is Nc1ccc(NCCn2cccn2)nc1. The highest BCUT2D eigenvalue weighted by atomic mass is 15.3. The van der Waals surface area contributed by atoms with Gasteiger partial charge in [0.25, 0.3) is 0 Å².